The fourth-order valence-corrected chi connectivity index (χ4v) is 3.95. The summed E-state index contributed by atoms with van der Waals surface area (Å²) in [5, 5.41) is 10.4. The average molecular weight is 477 g/mol. The van der Waals surface area contributed by atoms with E-state index in [1.807, 2.05) is 0 Å². The summed E-state index contributed by atoms with van der Waals surface area (Å²) in [4.78, 5) is 12.4. The Bertz CT molecular complexity index is 1310. The lowest BCUT2D eigenvalue weighted by Gasteiger charge is -2.28. The number of nitrogens with two attached hydrogens (primary N) is 1. The van der Waals surface area contributed by atoms with E-state index in [-0.39, 0.29) is 17.9 Å². The first kappa shape index (κ1) is 23.0. The van der Waals surface area contributed by atoms with Crippen LogP contribution in [0.4, 0.5) is 0 Å². The van der Waals surface area contributed by atoms with Gasteiger partial charge in [-0.1, -0.05) is 29.8 Å². The second-order valence-corrected chi connectivity index (χ2v) is 7.95. The fraction of sp³-hybridized carbons (Fsp3) is 0.154. The van der Waals surface area contributed by atoms with Crippen LogP contribution in [0.2, 0.25) is 5.02 Å². The van der Waals surface area contributed by atoms with E-state index in [9.17, 15) is 10.1 Å². The minimum atomic E-state index is -0.558. The molecule has 7 nitrogen and oxygen atoms in total. The first-order valence-electron chi connectivity index (χ1n) is 10.3. The summed E-state index contributed by atoms with van der Waals surface area (Å²) in [7, 11) is 3.11. The molecule has 0 fully saturated rings. The number of rotatable bonds is 6. The number of methoxy groups -OCH3 is 2. The number of nitrogens with zero attached hydrogens (tertiary/aromatic N) is 1. The highest BCUT2D eigenvalue weighted by Gasteiger charge is 2.33. The maximum absolute atomic E-state index is 12.4. The van der Waals surface area contributed by atoms with Gasteiger partial charge in [-0.3, -0.25) is 4.79 Å². The minimum Gasteiger partial charge on any atom is -0.497 e. The van der Waals surface area contributed by atoms with E-state index >= 15 is 0 Å². The van der Waals surface area contributed by atoms with Crippen LogP contribution >= 0.6 is 11.6 Å². The molecule has 2 N–H and O–H groups in total. The van der Waals surface area contributed by atoms with Crippen molar-refractivity contribution in [1.82, 2.24) is 0 Å². The van der Waals surface area contributed by atoms with Crippen molar-refractivity contribution in [3.05, 3.63) is 93.8 Å². The number of hydrogen-bond donors (Lipinski definition) is 1. The van der Waals surface area contributed by atoms with Crippen molar-refractivity contribution < 1.29 is 23.7 Å². The first-order chi connectivity index (χ1) is 16.4. The molecule has 8 heteroatoms. The number of fused-ring (bicyclic) bond motifs is 1. The normalized spacial score (nSPS) is 14.5. The van der Waals surface area contributed by atoms with Crippen molar-refractivity contribution in [3.8, 4) is 29.1 Å². The van der Waals surface area contributed by atoms with Gasteiger partial charge in [0.2, 0.25) is 5.88 Å². The van der Waals surface area contributed by atoms with Gasteiger partial charge in [-0.15, -0.1) is 0 Å². The molecule has 0 bridgehead atoms. The molecular weight excluding hydrogens is 456 g/mol. The number of carbonyl (C=O) groups is 1. The Kier molecular flexibility index (Phi) is 6.62. The lowest BCUT2D eigenvalue weighted by atomic mass is 9.83. The van der Waals surface area contributed by atoms with Gasteiger partial charge >= 0.3 is 5.97 Å². The predicted molar refractivity (Wildman–Crippen MR) is 126 cm³/mol. The third-order valence-electron chi connectivity index (χ3n) is 5.43. The molecule has 0 saturated heterocycles. The SMILES string of the molecule is COc1ccc(OC)c(C2C(C#N)=C(N)Oc3cc(OC(=O)Cc4ccc(Cl)cc4)ccc32)c1. The molecule has 0 saturated carbocycles. The van der Waals surface area contributed by atoms with Crippen molar-refractivity contribution in [1.29, 1.82) is 5.26 Å². The molecule has 1 atom stereocenters. The molecule has 0 aliphatic carbocycles. The van der Waals surface area contributed by atoms with Gasteiger partial charge in [-0.05, 0) is 42.0 Å². The number of ether oxygens (including phenoxy) is 4. The Morgan fingerprint density at radius 1 is 1.03 bits per heavy atom. The van der Waals surface area contributed by atoms with E-state index in [2.05, 4.69) is 6.07 Å². The lowest BCUT2D eigenvalue weighted by molar-refractivity contribution is -0.133. The summed E-state index contributed by atoms with van der Waals surface area (Å²) in [6.45, 7) is 0. The van der Waals surface area contributed by atoms with Gasteiger partial charge in [0, 0.05) is 22.2 Å². The number of esters is 1. The molecule has 3 aromatic rings. The summed E-state index contributed by atoms with van der Waals surface area (Å²) in [6, 6.07) is 19.4. The highest BCUT2D eigenvalue weighted by atomic mass is 35.5. The Hall–Kier alpha value is -4.15. The largest absolute Gasteiger partial charge is 0.497 e. The summed E-state index contributed by atoms with van der Waals surface area (Å²) < 4.78 is 22.1. The van der Waals surface area contributed by atoms with Crippen LogP contribution in [0, 0.1) is 11.3 Å². The van der Waals surface area contributed by atoms with E-state index < -0.39 is 11.9 Å². The number of hydrogen-bond acceptors (Lipinski definition) is 7. The second-order valence-electron chi connectivity index (χ2n) is 7.51. The van der Waals surface area contributed by atoms with E-state index in [1.54, 1.807) is 74.9 Å². The summed E-state index contributed by atoms with van der Waals surface area (Å²) in [6.07, 6.45) is 0.0827. The van der Waals surface area contributed by atoms with Gasteiger partial charge in [0.1, 0.15) is 34.6 Å². The molecule has 0 radical (unpaired) electrons. The fourth-order valence-electron chi connectivity index (χ4n) is 3.82. The van der Waals surface area contributed by atoms with Crippen LogP contribution in [0.15, 0.2) is 72.1 Å². The average Bonchev–Trinajstić information content (AvgIpc) is 2.84. The van der Waals surface area contributed by atoms with Crippen LogP contribution in [0.1, 0.15) is 22.6 Å². The number of carbonyl (C=O) groups excluding carboxylic acids is 1. The lowest BCUT2D eigenvalue weighted by Crippen LogP contribution is -2.21. The Balaban J connectivity index is 1.67. The highest BCUT2D eigenvalue weighted by molar-refractivity contribution is 6.30. The Labute approximate surface area is 201 Å². The molecule has 172 valence electrons. The predicted octanol–water partition coefficient (Wildman–Crippen LogP) is 4.72. The molecule has 34 heavy (non-hydrogen) atoms. The van der Waals surface area contributed by atoms with E-state index in [0.717, 1.165) is 5.56 Å². The smallest absolute Gasteiger partial charge is 0.315 e. The standard InChI is InChI=1S/C26H21ClN2O5/c1-31-17-8-10-22(32-2)20(12-17)25-19-9-7-18(13-23(19)34-26(29)21(25)14-28)33-24(30)11-15-3-5-16(27)6-4-15/h3-10,12-13,25H,11,29H2,1-2H3. The molecule has 1 unspecified atom stereocenters. The topological polar surface area (TPSA) is 104 Å². The van der Waals surface area contributed by atoms with Crippen molar-refractivity contribution in [2.24, 2.45) is 5.73 Å². The monoisotopic (exact) mass is 476 g/mol. The Morgan fingerprint density at radius 3 is 2.44 bits per heavy atom. The van der Waals surface area contributed by atoms with Crippen LogP contribution in [-0.2, 0) is 11.2 Å². The van der Waals surface area contributed by atoms with Crippen LogP contribution in [0.5, 0.6) is 23.0 Å². The van der Waals surface area contributed by atoms with E-state index in [0.29, 0.717) is 39.1 Å². The molecular formula is C26H21ClN2O5. The summed E-state index contributed by atoms with van der Waals surface area (Å²) in [5.41, 5.74) is 8.49. The van der Waals surface area contributed by atoms with Crippen LogP contribution in [0.3, 0.4) is 0 Å². The molecule has 0 amide bonds. The third-order valence-corrected chi connectivity index (χ3v) is 5.68. The van der Waals surface area contributed by atoms with Crippen LogP contribution in [0.25, 0.3) is 0 Å². The maximum Gasteiger partial charge on any atom is 0.315 e. The quantitative estimate of drug-likeness (QED) is 0.405. The molecule has 4 rings (SSSR count). The molecule has 0 aromatic heterocycles. The van der Waals surface area contributed by atoms with Gasteiger partial charge in [0.15, 0.2) is 0 Å². The van der Waals surface area contributed by atoms with Gasteiger partial charge in [0.05, 0.1) is 26.6 Å². The third kappa shape index (κ3) is 4.63. The van der Waals surface area contributed by atoms with Gasteiger partial charge < -0.3 is 24.7 Å². The minimum absolute atomic E-state index is 0.0329. The van der Waals surface area contributed by atoms with Gasteiger partial charge in [0.25, 0.3) is 0 Å². The van der Waals surface area contributed by atoms with Crippen molar-refractivity contribution >= 4 is 17.6 Å². The molecule has 1 heterocycles. The number of benzene rings is 3. The highest BCUT2D eigenvalue weighted by Crippen LogP contribution is 2.46. The van der Waals surface area contributed by atoms with E-state index in [4.69, 9.17) is 36.3 Å². The van der Waals surface area contributed by atoms with Crippen molar-refractivity contribution in [2.45, 2.75) is 12.3 Å². The zero-order valence-electron chi connectivity index (χ0n) is 18.5. The molecule has 3 aromatic carbocycles. The van der Waals surface area contributed by atoms with Gasteiger partial charge in [-0.2, -0.15) is 5.26 Å². The number of nitriles is 1. The summed E-state index contributed by atoms with van der Waals surface area (Å²) >= 11 is 5.89. The first-order valence-corrected chi connectivity index (χ1v) is 10.7. The molecule has 1 aliphatic rings. The van der Waals surface area contributed by atoms with Crippen molar-refractivity contribution in [3.63, 3.8) is 0 Å². The van der Waals surface area contributed by atoms with E-state index in [1.165, 1.54) is 0 Å². The van der Waals surface area contributed by atoms with Gasteiger partial charge in [-0.25, -0.2) is 0 Å². The molecule has 1 aliphatic heterocycles. The zero-order valence-corrected chi connectivity index (χ0v) is 19.3. The maximum atomic E-state index is 12.4. The van der Waals surface area contributed by atoms with Crippen LogP contribution < -0.4 is 24.7 Å². The second kappa shape index (κ2) is 9.77. The molecule has 0 spiro atoms. The van der Waals surface area contributed by atoms with Crippen molar-refractivity contribution in [2.75, 3.05) is 14.2 Å². The zero-order chi connectivity index (χ0) is 24.2. The summed E-state index contributed by atoms with van der Waals surface area (Å²) in [5.74, 6) is 0.813. The number of allylic oxidation sites excluding steroid dienone is 1. The number of halogens is 1. The van der Waals surface area contributed by atoms with Crippen LogP contribution in [-0.4, -0.2) is 20.2 Å². The Morgan fingerprint density at radius 2 is 1.76 bits per heavy atom.